The van der Waals surface area contributed by atoms with Crippen molar-refractivity contribution in [1.82, 2.24) is 30.4 Å². The van der Waals surface area contributed by atoms with Gasteiger partial charge in [-0.3, -0.25) is 38.4 Å². The molecule has 4 aromatic carbocycles. The lowest BCUT2D eigenvalue weighted by atomic mass is 10.1. The number of carbonyl (C=O) groups is 8. The molecule has 24 heteroatoms. The maximum absolute atomic E-state index is 13.6. The molecule has 2 aromatic heterocycles. The molecule has 0 bridgehead atoms. The molecule has 2 atom stereocenters. The second kappa shape index (κ2) is 33.7. The Morgan fingerprint density at radius 3 is 1.30 bits per heavy atom. The van der Waals surface area contributed by atoms with Crippen LogP contribution in [0.15, 0.2) is 143 Å². The van der Waals surface area contributed by atoms with Gasteiger partial charge in [0.05, 0.1) is 13.2 Å². The minimum atomic E-state index is -1.06. The van der Waals surface area contributed by atoms with Gasteiger partial charge in [0, 0.05) is 38.3 Å². The molecule has 6 aromatic rings. The predicted octanol–water partition coefficient (Wildman–Crippen LogP) is 4.89. The molecule has 0 aliphatic rings. The average Bonchev–Trinajstić information content (AvgIpc) is 3.68. The zero-order chi connectivity index (χ0) is 60.1. The van der Waals surface area contributed by atoms with Crippen molar-refractivity contribution in [2.45, 2.75) is 103 Å². The number of amides is 8. The van der Waals surface area contributed by atoms with Crippen molar-refractivity contribution >= 4 is 69.8 Å². The Morgan fingerprint density at radius 1 is 0.476 bits per heavy atom. The number of ether oxygens (including phenoxy) is 4. The summed E-state index contributed by atoms with van der Waals surface area (Å²) in [5.41, 5.74) is 10.7. The van der Waals surface area contributed by atoms with Gasteiger partial charge in [0.2, 0.25) is 35.4 Å². The van der Waals surface area contributed by atoms with Gasteiger partial charge in [-0.05, 0) is 122 Å². The highest BCUT2D eigenvalue weighted by atomic mass is 16.6. The van der Waals surface area contributed by atoms with Crippen molar-refractivity contribution < 1.29 is 57.3 Å². The summed E-state index contributed by atoms with van der Waals surface area (Å²) in [5.74, 6) is -2.64. The van der Waals surface area contributed by atoms with Crippen LogP contribution in [0, 0.1) is 0 Å². The molecular weight excluding hydrogens is 1080 g/mol. The van der Waals surface area contributed by atoms with E-state index >= 15 is 0 Å². The lowest BCUT2D eigenvalue weighted by Gasteiger charge is -2.19. The van der Waals surface area contributed by atoms with Crippen LogP contribution in [0.1, 0.15) is 75.3 Å². The maximum Gasteiger partial charge on any atom is 0.407 e. The number of hydrogen-bond acceptors (Lipinski definition) is 14. The van der Waals surface area contributed by atoms with Crippen molar-refractivity contribution in [3.05, 3.63) is 166 Å². The predicted molar refractivity (Wildman–Crippen MR) is 311 cm³/mol. The molecule has 444 valence electrons. The third kappa shape index (κ3) is 22.2. The Balaban J connectivity index is 0.954. The first kappa shape index (κ1) is 63.2. The molecule has 0 unspecified atom stereocenters. The fraction of sp³-hybridized carbons (Fsp3) is 0.333. The van der Waals surface area contributed by atoms with Crippen LogP contribution in [0.4, 0.5) is 21.0 Å². The van der Waals surface area contributed by atoms with Gasteiger partial charge in [-0.2, -0.15) is 0 Å². The Hall–Kier alpha value is -10.0. The maximum atomic E-state index is 13.6. The van der Waals surface area contributed by atoms with Gasteiger partial charge in [0.25, 0.3) is 11.1 Å². The summed E-state index contributed by atoms with van der Waals surface area (Å²) >= 11 is 0. The van der Waals surface area contributed by atoms with E-state index in [4.69, 9.17) is 30.4 Å². The highest BCUT2D eigenvalue weighted by Gasteiger charge is 2.24. The fourth-order valence-corrected chi connectivity index (χ4v) is 8.46. The monoisotopic (exact) mass is 1150 g/mol. The number of anilines is 2. The third-order valence-electron chi connectivity index (χ3n) is 12.7. The second-order valence-corrected chi connectivity index (χ2v) is 19.4. The zero-order valence-corrected chi connectivity index (χ0v) is 46.3. The number of nitrogens with zero attached hydrogens (tertiary/aromatic N) is 2. The number of fused-ring (bicyclic) bond motifs is 1. The average molecular weight is 1160 g/mol. The zero-order valence-electron chi connectivity index (χ0n) is 46.3. The standard InChI is InChI=1S/C60H70N10O14/c61-51(71)37-69-31-11-21-49(57(69)77)67-55(75)47(19-7-9-29-63-59(79)83-39-41-15-3-1-4-16-41)65-53(73)23-13-33-81-45-27-25-43-26-28-46(36-44(43)35-45)82-34-14-24-54(74)66-48(56(76)68-50-22-12-32-70(58(50)78)38-52(62)72)20-8-10-30-64-60(80)84-40-42-17-5-2-6-18-42/h1-6,11-12,15-18,21-22,25-28,31-32,35-36,47-48H,7-10,13-14,19-20,23-24,29-30,33-34,37-40H2,(H2,61,71)(H2,62,72)(H,63,79)(H,64,80)(H,65,73)(H,66,74)(H,67,75)(H,68,76)/t47-,48+. The number of nitrogens with two attached hydrogens (primary N) is 2. The molecule has 0 aliphatic heterocycles. The van der Waals surface area contributed by atoms with Gasteiger partial charge in [-0.15, -0.1) is 0 Å². The first-order valence-corrected chi connectivity index (χ1v) is 27.4. The second-order valence-electron chi connectivity index (χ2n) is 19.4. The number of aromatic nitrogens is 2. The van der Waals surface area contributed by atoms with Crippen LogP contribution in [0.3, 0.4) is 0 Å². The number of carbonyl (C=O) groups excluding carboxylic acids is 8. The van der Waals surface area contributed by atoms with Gasteiger partial charge in [0.15, 0.2) is 0 Å². The molecule has 0 saturated heterocycles. The Kier molecular flexibility index (Phi) is 25.3. The molecule has 8 amide bonds. The molecule has 0 radical (unpaired) electrons. The number of primary amides is 2. The van der Waals surface area contributed by atoms with Crippen LogP contribution in [-0.2, 0) is 64.5 Å². The van der Waals surface area contributed by atoms with E-state index in [1.807, 2.05) is 84.9 Å². The van der Waals surface area contributed by atoms with Crippen LogP contribution in [0.2, 0.25) is 0 Å². The Morgan fingerprint density at radius 2 is 0.893 bits per heavy atom. The molecule has 24 nitrogen and oxygen atoms in total. The molecular formula is C60H70N10O14. The van der Waals surface area contributed by atoms with Gasteiger partial charge in [0.1, 0.15) is 61.3 Å². The molecule has 0 saturated carbocycles. The van der Waals surface area contributed by atoms with E-state index in [9.17, 15) is 47.9 Å². The molecule has 0 aliphatic carbocycles. The summed E-state index contributed by atoms with van der Waals surface area (Å²) in [5, 5.41) is 17.7. The van der Waals surface area contributed by atoms with E-state index < -0.39 is 83.9 Å². The lowest BCUT2D eigenvalue weighted by Crippen LogP contribution is -2.44. The minimum absolute atomic E-state index is 0.00425. The molecule has 2 heterocycles. The van der Waals surface area contributed by atoms with E-state index in [1.54, 1.807) is 12.1 Å². The Labute approximate surface area is 483 Å². The van der Waals surface area contributed by atoms with Crippen molar-refractivity contribution in [1.29, 1.82) is 0 Å². The van der Waals surface area contributed by atoms with Crippen LogP contribution in [-0.4, -0.2) is 95.2 Å². The molecule has 6 rings (SSSR count). The van der Waals surface area contributed by atoms with Crippen LogP contribution in [0.5, 0.6) is 11.5 Å². The quantitative estimate of drug-likeness (QED) is 0.0250. The molecule has 84 heavy (non-hydrogen) atoms. The summed E-state index contributed by atoms with van der Waals surface area (Å²) in [6, 6.07) is 32.9. The fourth-order valence-electron chi connectivity index (χ4n) is 8.46. The number of unbranched alkanes of at least 4 members (excludes halogenated alkanes) is 2. The molecule has 0 spiro atoms. The summed E-state index contributed by atoms with van der Waals surface area (Å²) in [6.45, 7) is 0.205. The lowest BCUT2D eigenvalue weighted by molar-refractivity contribution is -0.126. The van der Waals surface area contributed by atoms with E-state index in [2.05, 4.69) is 31.9 Å². The number of hydrogen-bond donors (Lipinski definition) is 8. The summed E-state index contributed by atoms with van der Waals surface area (Å²) < 4.78 is 24.6. The smallest absolute Gasteiger partial charge is 0.407 e. The van der Waals surface area contributed by atoms with Crippen LogP contribution in [0.25, 0.3) is 10.8 Å². The van der Waals surface area contributed by atoms with Gasteiger partial charge in [-0.1, -0.05) is 72.8 Å². The number of rotatable bonds is 34. The number of alkyl carbamates (subject to hydrolysis) is 2. The van der Waals surface area contributed by atoms with E-state index in [0.29, 0.717) is 37.2 Å². The SMILES string of the molecule is NC(=O)Cn1cccc(NC(=O)[C@H](CCCCNC(=O)OCc2ccccc2)NC(=O)CCCOc2ccc3ccc(OCCCC(=O)N[C@H](CCCCNC(=O)OCc4ccccc4)C(=O)Nc4cccn(CC(N)=O)c4=O)cc3c2)c1=O. The van der Waals surface area contributed by atoms with E-state index in [-0.39, 0.29) is 89.4 Å². The minimum Gasteiger partial charge on any atom is -0.494 e. The molecule has 10 N–H and O–H groups in total. The van der Waals surface area contributed by atoms with E-state index in [0.717, 1.165) is 31.0 Å². The van der Waals surface area contributed by atoms with Crippen LogP contribution >= 0.6 is 0 Å². The first-order valence-electron chi connectivity index (χ1n) is 27.4. The number of nitrogens with one attached hydrogen (secondary N) is 6. The van der Waals surface area contributed by atoms with Gasteiger partial charge < -0.3 is 71.4 Å². The summed E-state index contributed by atoms with van der Waals surface area (Å²) in [6.07, 6.45) is 4.10. The third-order valence-corrected chi connectivity index (χ3v) is 12.7. The van der Waals surface area contributed by atoms with Crippen LogP contribution < -0.4 is 64.0 Å². The number of benzene rings is 4. The summed E-state index contributed by atoms with van der Waals surface area (Å²) in [4.78, 5) is 127. The van der Waals surface area contributed by atoms with Crippen molar-refractivity contribution in [3.63, 3.8) is 0 Å². The van der Waals surface area contributed by atoms with Gasteiger partial charge >= 0.3 is 12.2 Å². The van der Waals surface area contributed by atoms with Gasteiger partial charge in [-0.25, -0.2) is 9.59 Å². The highest BCUT2D eigenvalue weighted by Crippen LogP contribution is 2.26. The van der Waals surface area contributed by atoms with Crippen molar-refractivity contribution in [2.75, 3.05) is 36.9 Å². The largest absolute Gasteiger partial charge is 0.494 e. The van der Waals surface area contributed by atoms with Crippen molar-refractivity contribution in [3.8, 4) is 11.5 Å². The number of pyridine rings is 2. The van der Waals surface area contributed by atoms with Crippen molar-refractivity contribution in [2.24, 2.45) is 11.5 Å². The van der Waals surface area contributed by atoms with E-state index in [1.165, 1.54) is 36.7 Å². The first-order chi connectivity index (χ1) is 40.6. The highest BCUT2D eigenvalue weighted by molar-refractivity contribution is 5.98. The topological polar surface area (TPSA) is 342 Å². The normalized spacial score (nSPS) is 11.5. The summed E-state index contributed by atoms with van der Waals surface area (Å²) in [7, 11) is 0. The Bertz CT molecular complexity index is 3110. The molecule has 0 fully saturated rings.